The maximum Gasteiger partial charge on any atom is 0.0486 e. The van der Waals surface area contributed by atoms with Crippen LogP contribution in [0.1, 0.15) is 110 Å². The Morgan fingerprint density at radius 3 is 2.12 bits per heavy atom. The minimum Gasteiger partial charge on any atom is -0.297 e. The first kappa shape index (κ1) is 19.7. The molecule has 3 fully saturated rings. The normalized spacial score (nSPS) is 31.1. The molecule has 146 valence electrons. The van der Waals surface area contributed by atoms with E-state index >= 15 is 0 Å². The third kappa shape index (κ3) is 6.24. The van der Waals surface area contributed by atoms with E-state index in [9.17, 15) is 0 Å². The van der Waals surface area contributed by atoms with E-state index in [4.69, 9.17) is 0 Å². The van der Waals surface area contributed by atoms with Crippen LogP contribution in [0.15, 0.2) is 0 Å². The molecule has 1 aliphatic heterocycles. The lowest BCUT2D eigenvalue weighted by atomic mass is 9.77. The van der Waals surface area contributed by atoms with Crippen LogP contribution >= 0.6 is 0 Å². The van der Waals surface area contributed by atoms with Gasteiger partial charge in [0.25, 0.3) is 0 Å². The minimum absolute atomic E-state index is 0.444. The molecule has 2 saturated carbocycles. The average Bonchev–Trinajstić information content (AvgIpc) is 2.99. The van der Waals surface area contributed by atoms with Gasteiger partial charge < -0.3 is 0 Å². The first-order chi connectivity index (χ1) is 12.3. The van der Waals surface area contributed by atoms with Crippen LogP contribution in [0.2, 0.25) is 0 Å². The molecule has 1 N–H and O–H groups in total. The number of nitrogens with one attached hydrogen (secondary N) is 1. The summed E-state index contributed by atoms with van der Waals surface area (Å²) in [5, 5.41) is 4.05. The molecule has 0 radical (unpaired) electrons. The Morgan fingerprint density at radius 1 is 0.840 bits per heavy atom. The summed E-state index contributed by atoms with van der Waals surface area (Å²) in [6.07, 6.45) is 23.4. The van der Waals surface area contributed by atoms with E-state index in [0.29, 0.717) is 5.54 Å². The zero-order valence-corrected chi connectivity index (χ0v) is 17.0. The standard InChI is InChI=1S/C23H44N2/c1-2-3-16-23(17-21-12-10-7-11-13-21)19-25(20-24-23)18-22-14-8-5-4-6-9-15-22/h21-22,24H,2-20H2,1H3. The van der Waals surface area contributed by atoms with Crippen molar-refractivity contribution in [3.63, 3.8) is 0 Å². The monoisotopic (exact) mass is 348 g/mol. The summed E-state index contributed by atoms with van der Waals surface area (Å²) < 4.78 is 0. The molecule has 0 bridgehead atoms. The van der Waals surface area contributed by atoms with Crippen LogP contribution in [0.4, 0.5) is 0 Å². The highest BCUT2D eigenvalue weighted by molar-refractivity contribution is 4.98. The van der Waals surface area contributed by atoms with Gasteiger partial charge in [0.2, 0.25) is 0 Å². The smallest absolute Gasteiger partial charge is 0.0486 e. The molecule has 3 aliphatic rings. The molecule has 0 aromatic carbocycles. The number of nitrogens with zero attached hydrogens (tertiary/aromatic N) is 1. The molecule has 1 unspecified atom stereocenters. The summed E-state index contributed by atoms with van der Waals surface area (Å²) >= 11 is 0. The zero-order chi connectivity index (χ0) is 17.4. The quantitative estimate of drug-likeness (QED) is 0.597. The Bertz CT molecular complexity index is 355. The van der Waals surface area contributed by atoms with Crippen LogP contribution in [0, 0.1) is 11.8 Å². The summed E-state index contributed by atoms with van der Waals surface area (Å²) in [5.74, 6) is 1.97. The summed E-state index contributed by atoms with van der Waals surface area (Å²) in [5.41, 5.74) is 0.444. The fourth-order valence-electron chi connectivity index (χ4n) is 5.90. The van der Waals surface area contributed by atoms with Crippen molar-refractivity contribution >= 4 is 0 Å². The van der Waals surface area contributed by atoms with Crippen LogP contribution in [0.5, 0.6) is 0 Å². The second-order valence-corrected chi connectivity index (χ2v) is 9.65. The Labute approximate surface area is 157 Å². The van der Waals surface area contributed by atoms with Gasteiger partial charge in [0, 0.05) is 25.3 Å². The number of rotatable bonds is 7. The Morgan fingerprint density at radius 2 is 1.44 bits per heavy atom. The van der Waals surface area contributed by atoms with Gasteiger partial charge in [0.05, 0.1) is 0 Å². The van der Waals surface area contributed by atoms with Crippen LogP contribution in [0.3, 0.4) is 0 Å². The summed E-state index contributed by atoms with van der Waals surface area (Å²) in [6, 6.07) is 0. The maximum absolute atomic E-state index is 4.05. The van der Waals surface area contributed by atoms with Crippen molar-refractivity contribution in [1.29, 1.82) is 0 Å². The lowest BCUT2D eigenvalue weighted by molar-refractivity contribution is 0.201. The van der Waals surface area contributed by atoms with Crippen molar-refractivity contribution in [1.82, 2.24) is 10.2 Å². The topological polar surface area (TPSA) is 15.3 Å². The first-order valence-electron chi connectivity index (χ1n) is 11.8. The first-order valence-corrected chi connectivity index (χ1v) is 11.8. The van der Waals surface area contributed by atoms with Gasteiger partial charge in [-0.2, -0.15) is 0 Å². The molecule has 2 heteroatoms. The average molecular weight is 349 g/mol. The molecule has 0 amide bonds. The number of hydrogen-bond acceptors (Lipinski definition) is 2. The van der Waals surface area contributed by atoms with Crippen LogP contribution in [-0.2, 0) is 0 Å². The largest absolute Gasteiger partial charge is 0.297 e. The molecule has 3 rings (SSSR count). The van der Waals surface area contributed by atoms with E-state index in [1.165, 1.54) is 116 Å². The van der Waals surface area contributed by atoms with Gasteiger partial charge in [-0.15, -0.1) is 0 Å². The van der Waals surface area contributed by atoms with Crippen molar-refractivity contribution in [2.45, 2.75) is 115 Å². The number of unbranched alkanes of at least 4 members (excludes halogenated alkanes) is 1. The van der Waals surface area contributed by atoms with E-state index in [2.05, 4.69) is 17.1 Å². The van der Waals surface area contributed by atoms with Gasteiger partial charge in [-0.05, 0) is 37.5 Å². The van der Waals surface area contributed by atoms with Gasteiger partial charge in [-0.1, -0.05) is 84.0 Å². The highest BCUT2D eigenvalue weighted by Crippen LogP contribution is 2.36. The highest BCUT2D eigenvalue weighted by atomic mass is 15.3. The lowest BCUT2D eigenvalue weighted by Crippen LogP contribution is -2.44. The summed E-state index contributed by atoms with van der Waals surface area (Å²) in [7, 11) is 0. The van der Waals surface area contributed by atoms with Crippen molar-refractivity contribution in [2.75, 3.05) is 19.8 Å². The van der Waals surface area contributed by atoms with Crippen molar-refractivity contribution < 1.29 is 0 Å². The maximum atomic E-state index is 4.05. The lowest BCUT2D eigenvalue weighted by Gasteiger charge is -2.35. The minimum atomic E-state index is 0.444. The molecule has 2 nitrogen and oxygen atoms in total. The molecule has 0 aromatic rings. The molecule has 2 aliphatic carbocycles. The third-order valence-corrected chi connectivity index (χ3v) is 7.36. The van der Waals surface area contributed by atoms with Gasteiger partial charge in [0.15, 0.2) is 0 Å². The van der Waals surface area contributed by atoms with Gasteiger partial charge in [0.1, 0.15) is 0 Å². The van der Waals surface area contributed by atoms with E-state index < -0.39 is 0 Å². The Balaban J connectivity index is 1.52. The predicted molar refractivity (Wildman–Crippen MR) is 109 cm³/mol. The summed E-state index contributed by atoms with van der Waals surface area (Å²) in [6.45, 7) is 6.22. The van der Waals surface area contributed by atoms with E-state index in [1.54, 1.807) is 0 Å². The van der Waals surface area contributed by atoms with Crippen LogP contribution in [0.25, 0.3) is 0 Å². The Kier molecular flexibility index (Phi) is 8.11. The highest BCUT2D eigenvalue weighted by Gasteiger charge is 2.39. The zero-order valence-electron chi connectivity index (χ0n) is 17.0. The van der Waals surface area contributed by atoms with E-state index in [0.717, 1.165) is 18.5 Å². The molecule has 1 heterocycles. The molecular formula is C23H44N2. The van der Waals surface area contributed by atoms with Crippen molar-refractivity contribution in [3.8, 4) is 0 Å². The van der Waals surface area contributed by atoms with Crippen molar-refractivity contribution in [3.05, 3.63) is 0 Å². The third-order valence-electron chi connectivity index (χ3n) is 7.36. The molecule has 1 saturated heterocycles. The molecule has 1 atom stereocenters. The van der Waals surface area contributed by atoms with Gasteiger partial charge >= 0.3 is 0 Å². The summed E-state index contributed by atoms with van der Waals surface area (Å²) in [4.78, 5) is 2.80. The predicted octanol–water partition coefficient (Wildman–Crippen LogP) is 6.11. The second kappa shape index (κ2) is 10.3. The van der Waals surface area contributed by atoms with E-state index in [-0.39, 0.29) is 0 Å². The van der Waals surface area contributed by atoms with E-state index in [1.807, 2.05) is 0 Å². The SMILES string of the molecule is CCCCC1(CC2CCCCC2)CN(CC2CCCCCCC2)CN1. The molecule has 0 aromatic heterocycles. The molecular weight excluding hydrogens is 304 g/mol. The van der Waals surface area contributed by atoms with Crippen LogP contribution < -0.4 is 5.32 Å². The number of hydrogen-bond donors (Lipinski definition) is 1. The Hall–Kier alpha value is -0.0800. The molecule has 25 heavy (non-hydrogen) atoms. The van der Waals surface area contributed by atoms with Crippen LogP contribution in [-0.4, -0.2) is 30.2 Å². The fourth-order valence-corrected chi connectivity index (χ4v) is 5.90. The molecule has 0 spiro atoms. The van der Waals surface area contributed by atoms with Crippen molar-refractivity contribution in [2.24, 2.45) is 11.8 Å². The van der Waals surface area contributed by atoms with Gasteiger partial charge in [-0.25, -0.2) is 0 Å². The fraction of sp³-hybridized carbons (Fsp3) is 1.00. The second-order valence-electron chi connectivity index (χ2n) is 9.65. The van der Waals surface area contributed by atoms with Gasteiger partial charge in [-0.3, -0.25) is 10.2 Å².